The van der Waals surface area contributed by atoms with E-state index >= 15 is 0 Å². The summed E-state index contributed by atoms with van der Waals surface area (Å²) in [4.78, 5) is 0. The fraction of sp³-hybridized carbons (Fsp3) is 1.00. The van der Waals surface area contributed by atoms with Crippen LogP contribution in [0.1, 0.15) is 12.8 Å². The van der Waals surface area contributed by atoms with Crippen LogP contribution in [-0.4, -0.2) is 19.8 Å². The van der Waals surface area contributed by atoms with E-state index in [0.717, 1.165) is 0 Å². The van der Waals surface area contributed by atoms with Gasteiger partial charge in [-0.25, -0.2) is 0 Å². The molecule has 0 aliphatic heterocycles. The van der Waals surface area contributed by atoms with E-state index in [1.54, 1.807) is 0 Å². The SMILES string of the molecule is O=S(=O)(F)C1CC(C(F)(F)F)C1. The predicted molar refractivity (Wildman–Crippen MR) is 32.6 cm³/mol. The second-order valence-corrected chi connectivity index (χ2v) is 4.43. The minimum Gasteiger partial charge on any atom is -0.195 e. The first kappa shape index (κ1) is 9.76. The number of rotatable bonds is 1. The molecule has 0 N–H and O–H groups in total. The van der Waals surface area contributed by atoms with E-state index < -0.39 is 40.4 Å². The average molecular weight is 206 g/mol. The Kier molecular flexibility index (Phi) is 2.10. The van der Waals surface area contributed by atoms with Crippen LogP contribution in [-0.2, 0) is 10.2 Å². The fourth-order valence-electron chi connectivity index (χ4n) is 1.06. The van der Waals surface area contributed by atoms with Crippen molar-refractivity contribution < 1.29 is 25.5 Å². The molecular formula is C5H6F4O2S. The van der Waals surface area contributed by atoms with Gasteiger partial charge in [-0.15, -0.1) is 3.89 Å². The highest BCUT2D eigenvalue weighted by atomic mass is 32.3. The summed E-state index contributed by atoms with van der Waals surface area (Å²) in [6.45, 7) is 0. The molecule has 0 aromatic rings. The van der Waals surface area contributed by atoms with Crippen LogP contribution in [0.15, 0.2) is 0 Å². The smallest absolute Gasteiger partial charge is 0.195 e. The Labute approximate surface area is 66.8 Å². The molecule has 0 saturated heterocycles. The number of hydrogen-bond donors (Lipinski definition) is 0. The predicted octanol–water partition coefficient (Wildman–Crippen LogP) is 1.63. The zero-order valence-corrected chi connectivity index (χ0v) is 6.62. The maximum absolute atomic E-state index is 12.0. The molecule has 0 amide bonds. The van der Waals surface area contributed by atoms with Crippen molar-refractivity contribution in [3.63, 3.8) is 0 Å². The van der Waals surface area contributed by atoms with Crippen molar-refractivity contribution in [2.75, 3.05) is 0 Å². The molecule has 0 bridgehead atoms. The number of alkyl halides is 3. The number of hydrogen-bond acceptors (Lipinski definition) is 2. The third kappa shape index (κ3) is 1.88. The Bertz CT molecular complexity index is 262. The first-order valence-electron chi connectivity index (χ1n) is 3.21. The molecule has 1 aliphatic rings. The molecule has 1 fully saturated rings. The lowest BCUT2D eigenvalue weighted by Gasteiger charge is -2.33. The van der Waals surface area contributed by atoms with Crippen molar-refractivity contribution in [3.8, 4) is 0 Å². The minimum atomic E-state index is -4.76. The molecule has 1 saturated carbocycles. The van der Waals surface area contributed by atoms with Crippen LogP contribution < -0.4 is 0 Å². The van der Waals surface area contributed by atoms with Gasteiger partial charge in [0, 0.05) is 0 Å². The summed E-state index contributed by atoms with van der Waals surface area (Å²) in [5.74, 6) is -1.65. The maximum atomic E-state index is 12.0. The summed E-state index contributed by atoms with van der Waals surface area (Å²) < 4.78 is 67.3. The van der Waals surface area contributed by atoms with E-state index in [0.29, 0.717) is 0 Å². The lowest BCUT2D eigenvalue weighted by molar-refractivity contribution is -0.192. The highest BCUT2D eigenvalue weighted by molar-refractivity contribution is 7.87. The summed E-state index contributed by atoms with van der Waals surface area (Å²) in [7, 11) is -4.76. The first-order valence-corrected chi connectivity index (χ1v) is 4.66. The van der Waals surface area contributed by atoms with Gasteiger partial charge >= 0.3 is 16.4 Å². The van der Waals surface area contributed by atoms with Crippen molar-refractivity contribution in [3.05, 3.63) is 0 Å². The van der Waals surface area contributed by atoms with Gasteiger partial charge in [0.25, 0.3) is 0 Å². The zero-order valence-electron chi connectivity index (χ0n) is 5.81. The Morgan fingerprint density at radius 2 is 1.58 bits per heavy atom. The summed E-state index contributed by atoms with van der Waals surface area (Å²) in [6, 6.07) is 0. The van der Waals surface area contributed by atoms with Crippen LogP contribution in [0, 0.1) is 5.92 Å². The minimum absolute atomic E-state index is 0.637. The van der Waals surface area contributed by atoms with E-state index in [9.17, 15) is 25.5 Å². The Morgan fingerprint density at radius 3 is 1.83 bits per heavy atom. The largest absolute Gasteiger partial charge is 0.391 e. The second-order valence-electron chi connectivity index (χ2n) is 2.81. The first-order chi connectivity index (χ1) is 5.21. The highest BCUT2D eigenvalue weighted by Crippen LogP contribution is 2.44. The standard InChI is InChI=1S/C5H6F4O2S/c6-5(7,8)3-1-4(2-3)12(9,10)11/h3-4H,1-2H2. The summed E-state index contributed by atoms with van der Waals surface area (Å²) in [6.07, 6.45) is -5.66. The molecule has 2 nitrogen and oxygen atoms in total. The van der Waals surface area contributed by atoms with Crippen molar-refractivity contribution >= 4 is 10.2 Å². The molecule has 0 unspecified atom stereocenters. The molecule has 0 heterocycles. The molecule has 0 aromatic carbocycles. The van der Waals surface area contributed by atoms with Crippen molar-refractivity contribution in [1.29, 1.82) is 0 Å². The summed E-state index contributed by atoms with van der Waals surface area (Å²) >= 11 is 0. The quantitative estimate of drug-likeness (QED) is 0.482. The zero-order chi connectivity index (χ0) is 9.57. The van der Waals surface area contributed by atoms with Crippen LogP contribution >= 0.6 is 0 Å². The normalized spacial score (nSPS) is 31.3. The lowest BCUT2D eigenvalue weighted by Crippen LogP contribution is -2.41. The van der Waals surface area contributed by atoms with Crippen LogP contribution in [0.5, 0.6) is 0 Å². The molecular weight excluding hydrogens is 200 g/mol. The van der Waals surface area contributed by atoms with Crippen molar-refractivity contribution in [2.24, 2.45) is 5.92 Å². The molecule has 0 spiro atoms. The van der Waals surface area contributed by atoms with Gasteiger partial charge in [0.2, 0.25) is 0 Å². The third-order valence-electron chi connectivity index (χ3n) is 1.96. The van der Waals surface area contributed by atoms with Crippen LogP contribution in [0.25, 0.3) is 0 Å². The maximum Gasteiger partial charge on any atom is 0.391 e. The molecule has 0 atom stereocenters. The molecule has 72 valence electrons. The van der Waals surface area contributed by atoms with E-state index in [1.807, 2.05) is 0 Å². The summed E-state index contributed by atoms with van der Waals surface area (Å²) in [5.41, 5.74) is 0. The topological polar surface area (TPSA) is 34.1 Å². The molecule has 1 rings (SSSR count). The Morgan fingerprint density at radius 1 is 1.17 bits per heavy atom. The van der Waals surface area contributed by atoms with Crippen LogP contribution in [0.4, 0.5) is 17.1 Å². The Balaban J connectivity index is 2.50. The van der Waals surface area contributed by atoms with Gasteiger partial charge in [0.15, 0.2) is 0 Å². The van der Waals surface area contributed by atoms with Crippen LogP contribution in [0.2, 0.25) is 0 Å². The third-order valence-corrected chi connectivity index (χ3v) is 3.14. The van der Waals surface area contributed by atoms with E-state index in [4.69, 9.17) is 0 Å². The van der Waals surface area contributed by atoms with Gasteiger partial charge in [-0.1, -0.05) is 0 Å². The van der Waals surface area contributed by atoms with Gasteiger partial charge in [-0.05, 0) is 12.8 Å². The molecule has 7 heteroatoms. The second kappa shape index (κ2) is 2.58. The number of halogens is 4. The van der Waals surface area contributed by atoms with E-state index in [1.165, 1.54) is 0 Å². The highest BCUT2D eigenvalue weighted by Gasteiger charge is 2.52. The van der Waals surface area contributed by atoms with Gasteiger partial charge in [-0.2, -0.15) is 21.6 Å². The van der Waals surface area contributed by atoms with Gasteiger partial charge in [0.1, 0.15) is 0 Å². The van der Waals surface area contributed by atoms with E-state index in [2.05, 4.69) is 0 Å². The molecule has 0 aromatic heterocycles. The Hall–Kier alpha value is -0.330. The lowest BCUT2D eigenvalue weighted by atomic mass is 9.84. The van der Waals surface area contributed by atoms with Crippen molar-refractivity contribution in [1.82, 2.24) is 0 Å². The van der Waals surface area contributed by atoms with Gasteiger partial charge in [-0.3, -0.25) is 0 Å². The molecule has 0 radical (unpaired) electrons. The molecule has 1 aliphatic carbocycles. The van der Waals surface area contributed by atoms with Gasteiger partial charge in [0.05, 0.1) is 11.2 Å². The summed E-state index contributed by atoms with van der Waals surface area (Å²) in [5, 5.41) is -1.44. The fourth-order valence-corrected chi connectivity index (χ4v) is 1.99. The van der Waals surface area contributed by atoms with Gasteiger partial charge < -0.3 is 0 Å². The van der Waals surface area contributed by atoms with Crippen molar-refractivity contribution in [2.45, 2.75) is 24.3 Å². The van der Waals surface area contributed by atoms with E-state index in [-0.39, 0.29) is 0 Å². The monoisotopic (exact) mass is 206 g/mol. The van der Waals surface area contributed by atoms with Crippen LogP contribution in [0.3, 0.4) is 0 Å². The average Bonchev–Trinajstić information content (AvgIpc) is 1.46. The molecule has 12 heavy (non-hydrogen) atoms.